The molecule has 1 aromatic carbocycles. The van der Waals surface area contributed by atoms with Gasteiger partial charge in [-0.3, -0.25) is 4.79 Å². The third-order valence-corrected chi connectivity index (χ3v) is 3.57. The van der Waals surface area contributed by atoms with Gasteiger partial charge in [-0.05, 0) is 38.1 Å². The number of carboxylic acid groups (broad SMARTS) is 1. The second-order valence-electron chi connectivity index (χ2n) is 4.62. The van der Waals surface area contributed by atoms with Gasteiger partial charge in [-0.15, -0.1) is 0 Å². The summed E-state index contributed by atoms with van der Waals surface area (Å²) >= 11 is 5.76. The van der Waals surface area contributed by atoms with E-state index in [1.165, 1.54) is 12.1 Å². The van der Waals surface area contributed by atoms with Gasteiger partial charge in [0.05, 0.1) is 17.2 Å². The van der Waals surface area contributed by atoms with Crippen LogP contribution in [0.3, 0.4) is 0 Å². The van der Waals surface area contributed by atoms with E-state index in [0.717, 1.165) is 13.0 Å². The molecule has 0 bridgehead atoms. The third-order valence-electron chi connectivity index (χ3n) is 3.33. The van der Waals surface area contributed by atoms with E-state index in [9.17, 15) is 9.59 Å². The molecule has 3 N–H and O–H groups in total. The summed E-state index contributed by atoms with van der Waals surface area (Å²) in [5.41, 5.74) is 0.278. The van der Waals surface area contributed by atoms with Crippen LogP contribution in [0.5, 0.6) is 0 Å². The van der Waals surface area contributed by atoms with Crippen LogP contribution in [0.25, 0.3) is 0 Å². The minimum atomic E-state index is -1.12. The largest absolute Gasteiger partial charge is 0.478 e. The van der Waals surface area contributed by atoms with Crippen molar-refractivity contribution in [2.75, 3.05) is 11.9 Å². The van der Waals surface area contributed by atoms with Gasteiger partial charge in [0.25, 0.3) is 0 Å². The van der Waals surface area contributed by atoms with E-state index >= 15 is 0 Å². The lowest BCUT2D eigenvalue weighted by atomic mass is 10.0. The first-order valence-corrected chi connectivity index (χ1v) is 6.44. The number of anilines is 1. The summed E-state index contributed by atoms with van der Waals surface area (Å²) < 4.78 is 0. The molecule has 0 aliphatic carbocycles. The molecular formula is C13H15ClN2O3. The van der Waals surface area contributed by atoms with Crippen LogP contribution in [0.2, 0.25) is 5.02 Å². The average molecular weight is 283 g/mol. The Kier molecular flexibility index (Phi) is 4.07. The molecule has 0 aromatic heterocycles. The van der Waals surface area contributed by atoms with Crippen molar-refractivity contribution in [1.82, 2.24) is 5.32 Å². The Morgan fingerprint density at radius 3 is 2.79 bits per heavy atom. The molecule has 102 valence electrons. The summed E-state index contributed by atoms with van der Waals surface area (Å²) in [7, 11) is 0. The summed E-state index contributed by atoms with van der Waals surface area (Å²) in [6.45, 7) is 2.74. The van der Waals surface area contributed by atoms with Crippen molar-refractivity contribution in [3.8, 4) is 0 Å². The van der Waals surface area contributed by atoms with E-state index in [4.69, 9.17) is 16.7 Å². The molecule has 2 unspecified atom stereocenters. The molecule has 1 aromatic rings. The van der Waals surface area contributed by atoms with Crippen LogP contribution in [0.15, 0.2) is 18.2 Å². The lowest BCUT2D eigenvalue weighted by molar-refractivity contribution is -0.120. The highest BCUT2D eigenvalue weighted by atomic mass is 35.5. The predicted molar refractivity (Wildman–Crippen MR) is 72.6 cm³/mol. The van der Waals surface area contributed by atoms with Crippen LogP contribution in [0, 0.1) is 5.92 Å². The SMILES string of the molecule is CC1NCCC1C(=O)Nc1ccc(Cl)cc1C(=O)O. The molecule has 19 heavy (non-hydrogen) atoms. The first-order valence-electron chi connectivity index (χ1n) is 6.06. The lowest BCUT2D eigenvalue weighted by Crippen LogP contribution is -2.32. The van der Waals surface area contributed by atoms with E-state index in [1.807, 2.05) is 6.92 Å². The van der Waals surface area contributed by atoms with Crippen LogP contribution in [0.4, 0.5) is 5.69 Å². The number of hydrogen-bond acceptors (Lipinski definition) is 3. The van der Waals surface area contributed by atoms with Gasteiger partial charge in [0.1, 0.15) is 0 Å². The Morgan fingerprint density at radius 1 is 1.47 bits per heavy atom. The van der Waals surface area contributed by atoms with Gasteiger partial charge >= 0.3 is 5.97 Å². The fourth-order valence-corrected chi connectivity index (χ4v) is 2.42. The predicted octanol–water partition coefficient (Wildman–Crippen LogP) is 1.97. The fraction of sp³-hybridized carbons (Fsp3) is 0.385. The number of hydrogen-bond donors (Lipinski definition) is 3. The average Bonchev–Trinajstić information content (AvgIpc) is 2.77. The molecule has 1 heterocycles. The molecule has 1 aliphatic rings. The minimum Gasteiger partial charge on any atom is -0.478 e. The first-order chi connectivity index (χ1) is 8.99. The summed E-state index contributed by atoms with van der Waals surface area (Å²) in [6, 6.07) is 4.49. The fourth-order valence-electron chi connectivity index (χ4n) is 2.24. The van der Waals surface area contributed by atoms with Crippen molar-refractivity contribution >= 4 is 29.2 Å². The Balaban J connectivity index is 2.19. The lowest BCUT2D eigenvalue weighted by Gasteiger charge is -2.16. The molecule has 1 saturated heterocycles. The van der Waals surface area contributed by atoms with Crippen molar-refractivity contribution in [2.24, 2.45) is 5.92 Å². The maximum absolute atomic E-state index is 12.1. The second-order valence-corrected chi connectivity index (χ2v) is 5.06. The van der Waals surface area contributed by atoms with Crippen LogP contribution >= 0.6 is 11.6 Å². The highest BCUT2D eigenvalue weighted by Crippen LogP contribution is 2.23. The summed E-state index contributed by atoms with van der Waals surface area (Å²) in [5, 5.41) is 15.3. The summed E-state index contributed by atoms with van der Waals surface area (Å²) in [4.78, 5) is 23.2. The second kappa shape index (κ2) is 5.59. The van der Waals surface area contributed by atoms with Gasteiger partial charge in [0.2, 0.25) is 5.91 Å². The summed E-state index contributed by atoms with van der Waals surface area (Å²) in [6.07, 6.45) is 0.753. The number of aromatic carboxylic acids is 1. The number of carbonyl (C=O) groups excluding carboxylic acids is 1. The molecule has 1 aliphatic heterocycles. The number of nitrogens with one attached hydrogen (secondary N) is 2. The van der Waals surface area contributed by atoms with Crippen molar-refractivity contribution < 1.29 is 14.7 Å². The quantitative estimate of drug-likeness (QED) is 0.792. The van der Waals surface area contributed by atoms with Crippen molar-refractivity contribution in [3.05, 3.63) is 28.8 Å². The van der Waals surface area contributed by atoms with Crippen LogP contribution in [0.1, 0.15) is 23.7 Å². The van der Waals surface area contributed by atoms with E-state index < -0.39 is 5.97 Å². The number of halogens is 1. The van der Waals surface area contributed by atoms with Gasteiger partial charge < -0.3 is 15.7 Å². The zero-order valence-electron chi connectivity index (χ0n) is 10.4. The highest BCUT2D eigenvalue weighted by Gasteiger charge is 2.30. The topological polar surface area (TPSA) is 78.4 Å². The summed E-state index contributed by atoms with van der Waals surface area (Å²) in [5.74, 6) is -1.42. The number of amides is 1. The van der Waals surface area contributed by atoms with E-state index in [1.54, 1.807) is 6.07 Å². The van der Waals surface area contributed by atoms with Gasteiger partial charge in [0, 0.05) is 11.1 Å². The van der Waals surface area contributed by atoms with E-state index in [-0.39, 0.29) is 29.1 Å². The number of benzene rings is 1. The zero-order valence-corrected chi connectivity index (χ0v) is 11.2. The Morgan fingerprint density at radius 2 is 2.21 bits per heavy atom. The van der Waals surface area contributed by atoms with Crippen LogP contribution in [-0.2, 0) is 4.79 Å². The minimum absolute atomic E-state index is 0.000501. The molecule has 1 amide bonds. The standard InChI is InChI=1S/C13H15ClN2O3/c1-7-9(4-5-15-7)12(17)16-11-3-2-8(14)6-10(11)13(18)19/h2-3,6-7,9,15H,4-5H2,1H3,(H,16,17)(H,18,19). The first kappa shape index (κ1) is 13.8. The maximum atomic E-state index is 12.1. The highest BCUT2D eigenvalue weighted by molar-refractivity contribution is 6.31. The molecule has 2 rings (SSSR count). The molecule has 0 saturated carbocycles. The smallest absolute Gasteiger partial charge is 0.337 e. The molecule has 5 nitrogen and oxygen atoms in total. The normalized spacial score (nSPS) is 22.2. The van der Waals surface area contributed by atoms with Crippen molar-refractivity contribution in [2.45, 2.75) is 19.4 Å². The Hall–Kier alpha value is -1.59. The molecule has 2 atom stereocenters. The van der Waals surface area contributed by atoms with Crippen molar-refractivity contribution in [1.29, 1.82) is 0 Å². The molecule has 6 heteroatoms. The molecule has 1 fully saturated rings. The van der Waals surface area contributed by atoms with Gasteiger partial charge in [-0.25, -0.2) is 4.79 Å². The number of rotatable bonds is 3. The van der Waals surface area contributed by atoms with E-state index in [2.05, 4.69) is 10.6 Å². The number of carboxylic acids is 1. The molecule has 0 radical (unpaired) electrons. The maximum Gasteiger partial charge on any atom is 0.337 e. The molecule has 0 spiro atoms. The van der Waals surface area contributed by atoms with Gasteiger partial charge in [-0.2, -0.15) is 0 Å². The van der Waals surface area contributed by atoms with Gasteiger partial charge in [-0.1, -0.05) is 11.6 Å². The Bertz CT molecular complexity index is 519. The number of carbonyl (C=O) groups is 2. The van der Waals surface area contributed by atoms with E-state index in [0.29, 0.717) is 5.02 Å². The van der Waals surface area contributed by atoms with Crippen molar-refractivity contribution in [3.63, 3.8) is 0 Å². The zero-order chi connectivity index (χ0) is 14.0. The Labute approximate surface area is 116 Å². The molecular weight excluding hydrogens is 268 g/mol. The van der Waals surface area contributed by atoms with Gasteiger partial charge in [0.15, 0.2) is 0 Å². The monoisotopic (exact) mass is 282 g/mol. The van der Waals surface area contributed by atoms with Crippen LogP contribution in [-0.4, -0.2) is 29.6 Å². The third kappa shape index (κ3) is 3.05. The van der Waals surface area contributed by atoms with Crippen LogP contribution < -0.4 is 10.6 Å².